The monoisotopic (exact) mass is 441 g/mol. The van der Waals surface area contributed by atoms with Crippen LogP contribution in [0.2, 0.25) is 0 Å². The Labute approximate surface area is 182 Å². The van der Waals surface area contributed by atoms with E-state index in [0.717, 1.165) is 24.0 Å². The van der Waals surface area contributed by atoms with Crippen molar-refractivity contribution < 1.29 is 18.0 Å². The van der Waals surface area contributed by atoms with Gasteiger partial charge in [0.25, 0.3) is 5.91 Å². The predicted octanol–water partition coefficient (Wildman–Crippen LogP) is 1.67. The van der Waals surface area contributed by atoms with Gasteiger partial charge >= 0.3 is 0 Å². The minimum atomic E-state index is -3.03. The standard InChI is InChI=1S/C23H27N3O4S/c27-22(25-20-10-11-20)19-8-6-17(7-9-19)16-24-23(28)21(18-4-2-1-3-5-18)26-12-14-31(29,30)15-13-26/h1-9,20-21H,10-16H2,(H,24,28)(H,25,27). The lowest BCUT2D eigenvalue weighted by molar-refractivity contribution is -0.126. The van der Waals surface area contributed by atoms with Gasteiger partial charge in [0.15, 0.2) is 9.84 Å². The molecule has 7 nitrogen and oxygen atoms in total. The summed E-state index contributed by atoms with van der Waals surface area (Å²) in [7, 11) is -3.03. The minimum absolute atomic E-state index is 0.0635. The van der Waals surface area contributed by atoms with Crippen molar-refractivity contribution >= 4 is 21.7 Å². The number of nitrogens with zero attached hydrogens (tertiary/aromatic N) is 1. The van der Waals surface area contributed by atoms with Crippen molar-refractivity contribution in [3.8, 4) is 0 Å². The maximum atomic E-state index is 13.1. The molecular formula is C23H27N3O4S. The van der Waals surface area contributed by atoms with E-state index in [0.29, 0.717) is 31.2 Å². The number of nitrogens with one attached hydrogen (secondary N) is 2. The SMILES string of the molecule is O=C(NC1CC1)c1ccc(CNC(=O)C(c2ccccc2)N2CCS(=O)(=O)CC2)cc1. The van der Waals surface area contributed by atoms with E-state index in [1.165, 1.54) is 0 Å². The number of carbonyl (C=O) groups excluding carboxylic acids is 2. The van der Waals surface area contributed by atoms with E-state index in [-0.39, 0.29) is 23.3 Å². The largest absolute Gasteiger partial charge is 0.350 e. The highest BCUT2D eigenvalue weighted by atomic mass is 32.2. The number of carbonyl (C=O) groups is 2. The summed E-state index contributed by atoms with van der Waals surface area (Å²) >= 11 is 0. The van der Waals surface area contributed by atoms with Gasteiger partial charge in [0.2, 0.25) is 5.91 Å². The molecule has 4 rings (SSSR count). The second-order valence-electron chi connectivity index (χ2n) is 8.16. The molecule has 1 heterocycles. The molecule has 2 amide bonds. The van der Waals surface area contributed by atoms with Gasteiger partial charge in [0.1, 0.15) is 6.04 Å². The highest BCUT2D eigenvalue weighted by molar-refractivity contribution is 7.91. The first-order chi connectivity index (χ1) is 14.9. The van der Waals surface area contributed by atoms with Gasteiger partial charge in [0.05, 0.1) is 11.5 Å². The van der Waals surface area contributed by atoms with Crippen LogP contribution in [0.3, 0.4) is 0 Å². The normalized spacial score (nSPS) is 19.4. The average Bonchev–Trinajstić information content (AvgIpc) is 3.59. The summed E-state index contributed by atoms with van der Waals surface area (Å²) in [5, 5.41) is 5.93. The van der Waals surface area contributed by atoms with Crippen molar-refractivity contribution in [1.82, 2.24) is 15.5 Å². The molecule has 2 fully saturated rings. The summed E-state index contributed by atoms with van der Waals surface area (Å²) in [6.45, 7) is 0.999. The molecule has 1 saturated carbocycles. The molecule has 2 aromatic carbocycles. The van der Waals surface area contributed by atoms with Crippen LogP contribution in [0, 0.1) is 0 Å². The van der Waals surface area contributed by atoms with Gasteiger partial charge in [-0.2, -0.15) is 0 Å². The number of sulfone groups is 1. The van der Waals surface area contributed by atoms with Crippen LogP contribution in [-0.2, 0) is 21.2 Å². The van der Waals surface area contributed by atoms with Crippen LogP contribution in [0.15, 0.2) is 54.6 Å². The van der Waals surface area contributed by atoms with Crippen LogP contribution < -0.4 is 10.6 Å². The summed E-state index contributed by atoms with van der Waals surface area (Å²) in [6.07, 6.45) is 2.09. The zero-order valence-electron chi connectivity index (χ0n) is 17.3. The van der Waals surface area contributed by atoms with Crippen molar-refractivity contribution in [2.45, 2.75) is 31.5 Å². The zero-order valence-corrected chi connectivity index (χ0v) is 18.1. The van der Waals surface area contributed by atoms with Gasteiger partial charge in [-0.3, -0.25) is 14.5 Å². The molecule has 164 valence electrons. The Morgan fingerprint density at radius 3 is 2.23 bits per heavy atom. The Kier molecular flexibility index (Phi) is 6.38. The molecule has 0 spiro atoms. The summed E-state index contributed by atoms with van der Waals surface area (Å²) in [5.74, 6) is -0.106. The van der Waals surface area contributed by atoms with Crippen LogP contribution in [0.25, 0.3) is 0 Å². The smallest absolute Gasteiger partial charge is 0.251 e. The third-order valence-corrected chi connectivity index (χ3v) is 7.31. The first-order valence-corrected chi connectivity index (χ1v) is 12.4. The summed E-state index contributed by atoms with van der Waals surface area (Å²) < 4.78 is 23.6. The molecule has 1 saturated heterocycles. The maximum Gasteiger partial charge on any atom is 0.251 e. The lowest BCUT2D eigenvalue weighted by atomic mass is 10.0. The number of rotatable bonds is 7. The van der Waals surface area contributed by atoms with Crippen LogP contribution >= 0.6 is 0 Å². The van der Waals surface area contributed by atoms with E-state index in [1.54, 1.807) is 12.1 Å². The van der Waals surface area contributed by atoms with Crippen molar-refractivity contribution in [2.75, 3.05) is 24.6 Å². The van der Waals surface area contributed by atoms with Crippen LogP contribution in [0.1, 0.15) is 40.4 Å². The summed E-state index contributed by atoms with van der Waals surface area (Å²) in [5.41, 5.74) is 2.34. The van der Waals surface area contributed by atoms with Crippen molar-refractivity contribution in [3.05, 3.63) is 71.3 Å². The van der Waals surface area contributed by atoms with E-state index in [4.69, 9.17) is 0 Å². The van der Waals surface area contributed by atoms with Gasteiger partial charge in [-0.05, 0) is 36.1 Å². The number of hydrogen-bond donors (Lipinski definition) is 2. The highest BCUT2D eigenvalue weighted by Gasteiger charge is 2.32. The molecule has 2 aliphatic rings. The molecule has 0 bridgehead atoms. The van der Waals surface area contributed by atoms with Gasteiger partial charge < -0.3 is 10.6 Å². The third-order valence-electron chi connectivity index (χ3n) is 5.70. The molecule has 2 aromatic rings. The van der Waals surface area contributed by atoms with Gasteiger partial charge in [-0.1, -0.05) is 42.5 Å². The second kappa shape index (κ2) is 9.20. The number of hydrogen-bond acceptors (Lipinski definition) is 5. The van der Waals surface area contributed by atoms with Crippen LogP contribution in [0.5, 0.6) is 0 Å². The van der Waals surface area contributed by atoms with E-state index < -0.39 is 15.9 Å². The first-order valence-electron chi connectivity index (χ1n) is 10.6. The van der Waals surface area contributed by atoms with E-state index >= 15 is 0 Å². The summed E-state index contributed by atoms with van der Waals surface area (Å²) in [6, 6.07) is 16.4. The molecule has 1 aliphatic carbocycles. The topological polar surface area (TPSA) is 95.6 Å². The van der Waals surface area contributed by atoms with Gasteiger partial charge in [0, 0.05) is 31.2 Å². The fourth-order valence-electron chi connectivity index (χ4n) is 3.70. The van der Waals surface area contributed by atoms with E-state index in [1.807, 2.05) is 47.4 Å². The highest BCUT2D eigenvalue weighted by Crippen LogP contribution is 2.23. The second-order valence-corrected chi connectivity index (χ2v) is 10.5. The molecule has 1 unspecified atom stereocenters. The lowest BCUT2D eigenvalue weighted by Gasteiger charge is -2.33. The Morgan fingerprint density at radius 2 is 1.61 bits per heavy atom. The van der Waals surface area contributed by atoms with Crippen molar-refractivity contribution in [2.24, 2.45) is 0 Å². The van der Waals surface area contributed by atoms with E-state index in [9.17, 15) is 18.0 Å². The lowest BCUT2D eigenvalue weighted by Crippen LogP contribution is -2.47. The molecule has 0 aromatic heterocycles. The third kappa shape index (κ3) is 5.71. The fourth-order valence-corrected chi connectivity index (χ4v) is 4.93. The van der Waals surface area contributed by atoms with Crippen molar-refractivity contribution in [3.63, 3.8) is 0 Å². The van der Waals surface area contributed by atoms with Gasteiger partial charge in [-0.25, -0.2) is 8.42 Å². The minimum Gasteiger partial charge on any atom is -0.350 e. The summed E-state index contributed by atoms with van der Waals surface area (Å²) in [4.78, 5) is 27.2. The average molecular weight is 442 g/mol. The quantitative estimate of drug-likeness (QED) is 0.682. The molecule has 8 heteroatoms. The number of amides is 2. The Bertz CT molecular complexity index is 1020. The molecule has 0 radical (unpaired) electrons. The first kappa shape index (κ1) is 21.5. The zero-order chi connectivity index (χ0) is 21.8. The number of benzene rings is 2. The molecule has 1 atom stereocenters. The predicted molar refractivity (Wildman–Crippen MR) is 118 cm³/mol. The molecular weight excluding hydrogens is 414 g/mol. The molecule has 1 aliphatic heterocycles. The van der Waals surface area contributed by atoms with Gasteiger partial charge in [-0.15, -0.1) is 0 Å². The molecule has 2 N–H and O–H groups in total. The van der Waals surface area contributed by atoms with E-state index in [2.05, 4.69) is 10.6 Å². The Hall–Kier alpha value is -2.71. The maximum absolute atomic E-state index is 13.1. The fraction of sp³-hybridized carbons (Fsp3) is 0.391. The Morgan fingerprint density at radius 1 is 0.968 bits per heavy atom. The molecule has 31 heavy (non-hydrogen) atoms. The van der Waals surface area contributed by atoms with Crippen LogP contribution in [0.4, 0.5) is 0 Å². The Balaban J connectivity index is 1.41. The van der Waals surface area contributed by atoms with Crippen LogP contribution in [-0.4, -0.2) is 55.8 Å². The van der Waals surface area contributed by atoms with Crippen molar-refractivity contribution in [1.29, 1.82) is 0 Å².